The molecule has 10 N–H and O–H groups in total. The third-order valence-electron chi connectivity index (χ3n) is 7.27. The minimum atomic E-state index is -1.61. The number of benzene rings is 1. The minimum Gasteiger partial charge on any atom is -0.508 e. The Morgan fingerprint density at radius 3 is 1.62 bits per heavy atom. The summed E-state index contributed by atoms with van der Waals surface area (Å²) in [7, 11) is 0. The van der Waals surface area contributed by atoms with Crippen molar-refractivity contribution in [2.45, 2.75) is 95.4 Å². The van der Waals surface area contributed by atoms with Crippen molar-refractivity contribution in [1.82, 2.24) is 21.3 Å². The first kappa shape index (κ1) is 40.0. The number of aldehydes is 1. The standard InChI is InChI=1S/C30H43N5O12/c1-3-16(2)25(30(46)47)35-29(45)22(11-13-24(40)41)34-28(44)21(10-12-23(38)39)33-27(43)20(5-4-14-36)32-26(42)19(31)15-17-6-8-18(37)9-7-17/h6-9,14,16,19-22,25,37H,3-5,10-13,15,31H2,1-2H3,(H,32,42)(H,33,43)(H,34,44)(H,35,45)(H,38,39)(H,40,41)(H,46,47). The first-order valence-electron chi connectivity index (χ1n) is 14.9. The van der Waals surface area contributed by atoms with Crippen molar-refractivity contribution in [2.75, 3.05) is 0 Å². The van der Waals surface area contributed by atoms with Gasteiger partial charge >= 0.3 is 17.9 Å². The highest BCUT2D eigenvalue weighted by molar-refractivity contribution is 5.96. The van der Waals surface area contributed by atoms with Crippen LogP contribution in [0.3, 0.4) is 0 Å². The fourth-order valence-corrected chi connectivity index (χ4v) is 4.32. The number of amides is 4. The van der Waals surface area contributed by atoms with Crippen molar-refractivity contribution in [3.63, 3.8) is 0 Å². The van der Waals surface area contributed by atoms with Gasteiger partial charge in [0.25, 0.3) is 0 Å². The van der Waals surface area contributed by atoms with E-state index in [4.69, 9.17) is 10.8 Å². The van der Waals surface area contributed by atoms with E-state index in [0.29, 0.717) is 18.3 Å². The van der Waals surface area contributed by atoms with E-state index in [1.165, 1.54) is 12.1 Å². The number of carbonyl (C=O) groups excluding carboxylic acids is 5. The van der Waals surface area contributed by atoms with Crippen LogP contribution in [0.2, 0.25) is 0 Å². The lowest BCUT2D eigenvalue weighted by molar-refractivity contribution is -0.144. The summed E-state index contributed by atoms with van der Waals surface area (Å²) in [5.41, 5.74) is 6.59. The van der Waals surface area contributed by atoms with Crippen LogP contribution in [0, 0.1) is 5.92 Å². The third-order valence-corrected chi connectivity index (χ3v) is 7.27. The van der Waals surface area contributed by atoms with Gasteiger partial charge in [0.1, 0.15) is 36.2 Å². The molecule has 6 unspecified atom stereocenters. The first-order chi connectivity index (χ1) is 22.1. The van der Waals surface area contributed by atoms with E-state index in [1.54, 1.807) is 26.0 Å². The quantitative estimate of drug-likeness (QED) is 0.0675. The van der Waals surface area contributed by atoms with Gasteiger partial charge in [0, 0.05) is 19.3 Å². The van der Waals surface area contributed by atoms with Crippen molar-refractivity contribution in [3.05, 3.63) is 29.8 Å². The molecular formula is C30H43N5O12. The van der Waals surface area contributed by atoms with Crippen LogP contribution in [0.4, 0.5) is 0 Å². The SMILES string of the molecule is CCC(C)C(NC(=O)C(CCC(=O)O)NC(=O)C(CCC(=O)O)NC(=O)C(CCC=O)NC(=O)C(N)Cc1ccc(O)cc1)C(=O)O. The highest BCUT2D eigenvalue weighted by Gasteiger charge is 2.33. The third kappa shape index (κ3) is 14.7. The molecule has 0 aliphatic heterocycles. The molecule has 0 radical (unpaired) electrons. The molecule has 0 heterocycles. The number of carboxylic acid groups (broad SMARTS) is 3. The van der Waals surface area contributed by atoms with E-state index < -0.39 is 103 Å². The van der Waals surface area contributed by atoms with Crippen molar-refractivity contribution >= 4 is 47.8 Å². The predicted molar refractivity (Wildman–Crippen MR) is 164 cm³/mol. The summed E-state index contributed by atoms with van der Waals surface area (Å²) in [6.45, 7) is 3.27. The van der Waals surface area contributed by atoms with Crippen LogP contribution in [-0.2, 0) is 44.8 Å². The summed E-state index contributed by atoms with van der Waals surface area (Å²) >= 11 is 0. The maximum Gasteiger partial charge on any atom is 0.326 e. The van der Waals surface area contributed by atoms with E-state index >= 15 is 0 Å². The molecule has 0 aliphatic rings. The maximum absolute atomic E-state index is 13.3. The summed E-state index contributed by atoms with van der Waals surface area (Å²) in [6.07, 6.45) is -1.68. The number of aliphatic carboxylic acids is 3. The van der Waals surface area contributed by atoms with Crippen LogP contribution in [0.5, 0.6) is 5.75 Å². The molecule has 1 aromatic carbocycles. The molecule has 0 aliphatic carbocycles. The zero-order valence-corrected chi connectivity index (χ0v) is 26.1. The van der Waals surface area contributed by atoms with Crippen LogP contribution in [0.25, 0.3) is 0 Å². The number of nitrogens with one attached hydrogen (secondary N) is 4. The zero-order chi connectivity index (χ0) is 35.7. The Kier molecular flexibility index (Phi) is 17.1. The van der Waals surface area contributed by atoms with Gasteiger partial charge in [-0.15, -0.1) is 0 Å². The number of aromatic hydroxyl groups is 1. The van der Waals surface area contributed by atoms with Crippen LogP contribution in [-0.4, -0.2) is 98.5 Å². The van der Waals surface area contributed by atoms with Crippen molar-refractivity contribution in [1.29, 1.82) is 0 Å². The van der Waals surface area contributed by atoms with E-state index in [-0.39, 0.29) is 25.0 Å². The largest absolute Gasteiger partial charge is 0.508 e. The number of hydrogen-bond acceptors (Lipinski definition) is 10. The Morgan fingerprint density at radius 2 is 1.19 bits per heavy atom. The van der Waals surface area contributed by atoms with Gasteiger partial charge in [0.05, 0.1) is 6.04 Å². The molecule has 0 aromatic heterocycles. The average molecular weight is 666 g/mol. The monoisotopic (exact) mass is 665 g/mol. The van der Waals surface area contributed by atoms with Crippen molar-refractivity contribution < 1.29 is 58.8 Å². The van der Waals surface area contributed by atoms with Gasteiger partial charge in [-0.2, -0.15) is 0 Å². The van der Waals surface area contributed by atoms with E-state index in [1.807, 2.05) is 0 Å². The Labute approximate surface area is 270 Å². The maximum atomic E-state index is 13.3. The molecule has 0 saturated heterocycles. The summed E-state index contributed by atoms with van der Waals surface area (Å²) < 4.78 is 0. The molecule has 0 spiro atoms. The Morgan fingerprint density at radius 1 is 0.745 bits per heavy atom. The Balaban J connectivity index is 3.18. The molecule has 0 bridgehead atoms. The summed E-state index contributed by atoms with van der Waals surface area (Å²) in [6, 6.07) is -1.21. The summed E-state index contributed by atoms with van der Waals surface area (Å²) in [5.74, 6) is -8.37. The van der Waals surface area contributed by atoms with Gasteiger partial charge in [-0.3, -0.25) is 28.8 Å². The minimum absolute atomic E-state index is 0.00300. The summed E-state index contributed by atoms with van der Waals surface area (Å²) in [5, 5.41) is 46.6. The second kappa shape index (κ2) is 20.1. The molecule has 17 heteroatoms. The van der Waals surface area contributed by atoms with Crippen molar-refractivity contribution in [2.24, 2.45) is 11.7 Å². The number of carbonyl (C=O) groups is 8. The van der Waals surface area contributed by atoms with Gasteiger partial charge in [-0.05, 0) is 49.3 Å². The zero-order valence-electron chi connectivity index (χ0n) is 26.1. The number of carboxylic acids is 3. The number of rotatable bonds is 22. The van der Waals surface area contributed by atoms with Crippen molar-refractivity contribution in [3.8, 4) is 5.75 Å². The molecule has 17 nitrogen and oxygen atoms in total. The molecular weight excluding hydrogens is 622 g/mol. The van der Waals surface area contributed by atoms with Crippen LogP contribution in [0.1, 0.15) is 64.4 Å². The number of phenolic OH excluding ortho intramolecular Hbond substituents is 1. The smallest absolute Gasteiger partial charge is 0.326 e. The molecule has 260 valence electrons. The Bertz CT molecular complexity index is 1270. The topological polar surface area (TPSA) is 292 Å². The number of phenols is 1. The molecule has 47 heavy (non-hydrogen) atoms. The molecule has 0 saturated carbocycles. The fourth-order valence-electron chi connectivity index (χ4n) is 4.32. The van der Waals surface area contributed by atoms with Crippen LogP contribution in [0.15, 0.2) is 24.3 Å². The van der Waals surface area contributed by atoms with Gasteiger partial charge in [0.2, 0.25) is 23.6 Å². The average Bonchev–Trinajstić information content (AvgIpc) is 3.01. The molecule has 1 rings (SSSR count). The number of nitrogens with two attached hydrogens (primary N) is 1. The van der Waals surface area contributed by atoms with E-state index in [2.05, 4.69) is 21.3 Å². The molecule has 0 fully saturated rings. The van der Waals surface area contributed by atoms with Crippen LogP contribution < -0.4 is 27.0 Å². The highest BCUT2D eigenvalue weighted by atomic mass is 16.4. The lowest BCUT2D eigenvalue weighted by Crippen LogP contribution is -2.59. The van der Waals surface area contributed by atoms with E-state index in [0.717, 1.165) is 0 Å². The number of hydrogen-bond donors (Lipinski definition) is 9. The van der Waals surface area contributed by atoms with Gasteiger partial charge in [-0.1, -0.05) is 32.4 Å². The highest BCUT2D eigenvalue weighted by Crippen LogP contribution is 2.12. The lowest BCUT2D eigenvalue weighted by atomic mass is 9.98. The van der Waals surface area contributed by atoms with E-state index in [9.17, 15) is 53.7 Å². The summed E-state index contributed by atoms with van der Waals surface area (Å²) in [4.78, 5) is 97.8. The predicted octanol–water partition coefficient (Wildman–Crippen LogP) is -0.959. The van der Waals surface area contributed by atoms with Crippen LogP contribution >= 0.6 is 0 Å². The Hall–Kier alpha value is -5.06. The fraction of sp³-hybridized carbons (Fsp3) is 0.533. The molecule has 6 atom stereocenters. The second-order valence-electron chi connectivity index (χ2n) is 11.0. The molecule has 4 amide bonds. The van der Waals surface area contributed by atoms with Gasteiger partial charge < -0.3 is 52.2 Å². The second-order valence-corrected chi connectivity index (χ2v) is 11.0. The lowest BCUT2D eigenvalue weighted by Gasteiger charge is -2.27. The normalized spacial score (nSPS) is 14.6. The van der Waals surface area contributed by atoms with Gasteiger partial charge in [0.15, 0.2) is 0 Å². The molecule has 1 aromatic rings. The van der Waals surface area contributed by atoms with Gasteiger partial charge in [-0.25, -0.2) is 4.79 Å². The first-order valence-corrected chi connectivity index (χ1v) is 14.9.